The van der Waals surface area contributed by atoms with E-state index in [1.807, 2.05) is 30.3 Å². The number of ether oxygens (including phenoxy) is 2. The number of imidazole rings is 1. The van der Waals surface area contributed by atoms with Crippen LogP contribution in [0.4, 0.5) is 0 Å². The maximum Gasteiger partial charge on any atom is 0.191 e. The number of nitrogens with zero attached hydrogens (tertiary/aromatic N) is 2. The highest BCUT2D eigenvalue weighted by Crippen LogP contribution is 2.34. The molecule has 0 amide bonds. The zero-order valence-corrected chi connectivity index (χ0v) is 21.7. The molecule has 178 valence electrons. The van der Waals surface area contributed by atoms with Crippen LogP contribution in [0, 0.1) is 0 Å². The van der Waals surface area contributed by atoms with Gasteiger partial charge in [-0.15, -0.1) is 24.0 Å². The van der Waals surface area contributed by atoms with Crippen molar-refractivity contribution in [3.05, 3.63) is 53.9 Å². The molecule has 0 atom stereocenters. The average molecular weight is 563 g/mol. The number of aryl methyl sites for hydroxylation is 1. The second kappa shape index (κ2) is 12.7. The molecule has 3 N–H and O–H groups in total. The number of benzene rings is 2. The van der Waals surface area contributed by atoms with E-state index < -0.39 is 0 Å². The number of hydrogen-bond acceptors (Lipinski definition) is 4. The fourth-order valence-electron chi connectivity index (χ4n) is 4.15. The fourth-order valence-corrected chi connectivity index (χ4v) is 4.15. The van der Waals surface area contributed by atoms with E-state index >= 15 is 0 Å². The third-order valence-corrected chi connectivity index (χ3v) is 5.86. The number of rotatable bonds is 9. The van der Waals surface area contributed by atoms with Gasteiger partial charge >= 0.3 is 0 Å². The van der Waals surface area contributed by atoms with E-state index in [9.17, 15) is 0 Å². The molecule has 7 nitrogen and oxygen atoms in total. The Hall–Kier alpha value is -2.49. The zero-order valence-electron chi connectivity index (χ0n) is 19.4. The molecule has 8 heteroatoms. The standard InChI is InChI=1S/C25H33N5O2.HI/c1-26-25(27-16-8-15-23-29-20-12-5-6-13-21(20)30-23)28-17-18-9-7-14-22(31-2)24(18)32-19-10-3-4-11-19;/h5-7,9,12-14,19H,3-4,8,10-11,15-17H2,1-2H3,(H,29,30)(H2,26,27,28);1H. The summed E-state index contributed by atoms with van der Waals surface area (Å²) < 4.78 is 11.9. The van der Waals surface area contributed by atoms with E-state index in [1.54, 1.807) is 14.2 Å². The number of hydrogen-bond donors (Lipinski definition) is 3. The van der Waals surface area contributed by atoms with Gasteiger partial charge in [0, 0.05) is 32.1 Å². The van der Waals surface area contributed by atoms with Crippen LogP contribution >= 0.6 is 24.0 Å². The molecule has 1 heterocycles. The Balaban J connectivity index is 0.00000306. The fraction of sp³-hybridized carbons (Fsp3) is 0.440. The van der Waals surface area contributed by atoms with Gasteiger partial charge < -0.3 is 25.1 Å². The Morgan fingerprint density at radius 1 is 1.12 bits per heavy atom. The van der Waals surface area contributed by atoms with Crippen LogP contribution in [-0.2, 0) is 13.0 Å². The highest BCUT2D eigenvalue weighted by atomic mass is 127. The number of fused-ring (bicyclic) bond motifs is 1. The van der Waals surface area contributed by atoms with Gasteiger partial charge in [0.1, 0.15) is 5.82 Å². The highest BCUT2D eigenvalue weighted by Gasteiger charge is 2.20. The lowest BCUT2D eigenvalue weighted by atomic mass is 10.1. The van der Waals surface area contributed by atoms with Crippen LogP contribution in [0.5, 0.6) is 11.5 Å². The van der Waals surface area contributed by atoms with Gasteiger partial charge in [-0.3, -0.25) is 4.99 Å². The van der Waals surface area contributed by atoms with Gasteiger partial charge in [0.25, 0.3) is 0 Å². The molecule has 2 aromatic carbocycles. The van der Waals surface area contributed by atoms with Crippen molar-refractivity contribution in [3.8, 4) is 11.5 Å². The summed E-state index contributed by atoms with van der Waals surface area (Å²) in [4.78, 5) is 12.4. The van der Waals surface area contributed by atoms with Crippen LogP contribution in [0.15, 0.2) is 47.5 Å². The van der Waals surface area contributed by atoms with Crippen molar-refractivity contribution in [3.63, 3.8) is 0 Å². The smallest absolute Gasteiger partial charge is 0.191 e. The summed E-state index contributed by atoms with van der Waals surface area (Å²) in [6.07, 6.45) is 6.80. The van der Waals surface area contributed by atoms with Crippen molar-refractivity contribution >= 4 is 41.0 Å². The third-order valence-electron chi connectivity index (χ3n) is 5.86. The van der Waals surface area contributed by atoms with E-state index in [0.29, 0.717) is 6.54 Å². The Morgan fingerprint density at radius 3 is 2.70 bits per heavy atom. The van der Waals surface area contributed by atoms with Crippen LogP contribution in [0.3, 0.4) is 0 Å². The second-order valence-corrected chi connectivity index (χ2v) is 8.13. The molecule has 1 aliphatic carbocycles. The third kappa shape index (κ3) is 6.75. The first-order valence-electron chi connectivity index (χ1n) is 11.5. The van der Waals surface area contributed by atoms with Crippen LogP contribution in [0.25, 0.3) is 11.0 Å². The Kier molecular flexibility index (Phi) is 9.65. The molecule has 1 fully saturated rings. The van der Waals surface area contributed by atoms with Gasteiger partial charge in [0.15, 0.2) is 17.5 Å². The van der Waals surface area contributed by atoms with Crippen LogP contribution < -0.4 is 20.1 Å². The lowest BCUT2D eigenvalue weighted by molar-refractivity contribution is 0.198. The number of nitrogens with one attached hydrogen (secondary N) is 3. The first-order valence-corrected chi connectivity index (χ1v) is 11.5. The number of aromatic amines is 1. The minimum absolute atomic E-state index is 0. The van der Waals surface area contributed by atoms with Gasteiger partial charge in [0.05, 0.1) is 24.2 Å². The van der Waals surface area contributed by atoms with Crippen molar-refractivity contribution < 1.29 is 9.47 Å². The summed E-state index contributed by atoms with van der Waals surface area (Å²) in [7, 11) is 3.48. The molecule has 0 spiro atoms. The summed E-state index contributed by atoms with van der Waals surface area (Å²) in [5.74, 6) is 3.41. The maximum atomic E-state index is 6.33. The van der Waals surface area contributed by atoms with E-state index in [0.717, 1.165) is 72.1 Å². The first kappa shape index (κ1) is 25.1. The SMILES string of the molecule is CN=C(NCCCc1nc2ccccc2[nH]1)NCc1cccc(OC)c1OC1CCCC1.I. The molecule has 0 unspecified atom stereocenters. The molecule has 1 aromatic heterocycles. The van der Waals surface area contributed by atoms with Crippen molar-refractivity contribution in [2.75, 3.05) is 20.7 Å². The maximum absolute atomic E-state index is 6.33. The number of aromatic nitrogens is 2. The van der Waals surface area contributed by atoms with E-state index in [1.165, 1.54) is 12.8 Å². The van der Waals surface area contributed by atoms with E-state index in [-0.39, 0.29) is 30.1 Å². The molecule has 3 aromatic rings. The van der Waals surface area contributed by atoms with Gasteiger partial charge in [-0.05, 0) is 50.3 Å². The summed E-state index contributed by atoms with van der Waals surface area (Å²) in [6, 6.07) is 14.2. The van der Waals surface area contributed by atoms with Gasteiger partial charge in [-0.2, -0.15) is 0 Å². The Bertz CT molecular complexity index is 1010. The minimum Gasteiger partial charge on any atom is -0.493 e. The number of para-hydroxylation sites is 3. The van der Waals surface area contributed by atoms with Crippen molar-refractivity contribution in [1.82, 2.24) is 20.6 Å². The highest BCUT2D eigenvalue weighted by molar-refractivity contribution is 14.0. The largest absolute Gasteiger partial charge is 0.493 e. The number of methoxy groups -OCH3 is 1. The molecule has 33 heavy (non-hydrogen) atoms. The molecule has 0 aliphatic heterocycles. The van der Waals surface area contributed by atoms with Crippen molar-refractivity contribution in [2.24, 2.45) is 4.99 Å². The van der Waals surface area contributed by atoms with Gasteiger partial charge in [0.2, 0.25) is 0 Å². The number of guanidine groups is 1. The molecule has 4 rings (SSSR count). The molecular weight excluding hydrogens is 529 g/mol. The minimum atomic E-state index is 0. The van der Waals surface area contributed by atoms with Gasteiger partial charge in [-0.25, -0.2) is 4.98 Å². The van der Waals surface area contributed by atoms with E-state index in [2.05, 4.69) is 37.7 Å². The van der Waals surface area contributed by atoms with Gasteiger partial charge in [-0.1, -0.05) is 24.3 Å². The number of H-pyrrole nitrogens is 1. The molecule has 0 saturated heterocycles. The number of aliphatic imine (C=N–C) groups is 1. The summed E-state index contributed by atoms with van der Waals surface area (Å²) in [6.45, 7) is 1.42. The molecule has 0 bridgehead atoms. The summed E-state index contributed by atoms with van der Waals surface area (Å²) >= 11 is 0. The van der Waals surface area contributed by atoms with Crippen molar-refractivity contribution in [2.45, 2.75) is 51.2 Å². The Labute approximate surface area is 212 Å². The zero-order chi connectivity index (χ0) is 22.2. The topological polar surface area (TPSA) is 83.6 Å². The van der Waals surface area contributed by atoms with Crippen molar-refractivity contribution in [1.29, 1.82) is 0 Å². The van der Waals surface area contributed by atoms with Crippen LogP contribution in [0.1, 0.15) is 43.5 Å². The quantitative estimate of drug-likeness (QED) is 0.151. The summed E-state index contributed by atoms with van der Waals surface area (Å²) in [5.41, 5.74) is 3.17. The summed E-state index contributed by atoms with van der Waals surface area (Å²) in [5, 5.41) is 6.79. The average Bonchev–Trinajstić information content (AvgIpc) is 3.48. The first-order chi connectivity index (χ1) is 15.8. The number of halogens is 1. The molecular formula is C25H34IN5O2. The van der Waals surface area contributed by atoms with Crippen LogP contribution in [0.2, 0.25) is 0 Å². The second-order valence-electron chi connectivity index (χ2n) is 8.13. The lowest BCUT2D eigenvalue weighted by Crippen LogP contribution is -2.37. The monoisotopic (exact) mass is 563 g/mol. The molecule has 1 aliphatic rings. The molecule has 1 saturated carbocycles. The lowest BCUT2D eigenvalue weighted by Gasteiger charge is -2.20. The van der Waals surface area contributed by atoms with E-state index in [4.69, 9.17) is 9.47 Å². The predicted molar refractivity (Wildman–Crippen MR) is 144 cm³/mol. The normalized spacial score (nSPS) is 14.2. The van der Waals surface area contributed by atoms with Crippen LogP contribution in [-0.4, -0.2) is 42.7 Å². The molecule has 0 radical (unpaired) electrons. The Morgan fingerprint density at radius 2 is 1.94 bits per heavy atom. The predicted octanol–water partition coefficient (Wildman–Crippen LogP) is 4.81.